The van der Waals surface area contributed by atoms with Crippen molar-refractivity contribution in [2.24, 2.45) is 0 Å². The summed E-state index contributed by atoms with van der Waals surface area (Å²) in [4.78, 5) is 0. The molecule has 0 spiro atoms. The zero-order valence-corrected chi connectivity index (χ0v) is 11.0. The van der Waals surface area contributed by atoms with Gasteiger partial charge in [0.05, 0.1) is 6.61 Å². The van der Waals surface area contributed by atoms with E-state index < -0.39 is 0 Å². The Labute approximate surface area is 116 Å². The monoisotopic (exact) mass is 276 g/mol. The van der Waals surface area contributed by atoms with E-state index in [1.165, 1.54) is 0 Å². The van der Waals surface area contributed by atoms with Crippen LogP contribution in [0.25, 0.3) is 0 Å². The van der Waals surface area contributed by atoms with Gasteiger partial charge in [-0.3, -0.25) is 0 Å². The van der Waals surface area contributed by atoms with Crippen LogP contribution in [0.3, 0.4) is 0 Å². The van der Waals surface area contributed by atoms with E-state index in [4.69, 9.17) is 25.8 Å². The van der Waals surface area contributed by atoms with Crippen molar-refractivity contribution in [1.82, 2.24) is 0 Å². The van der Waals surface area contributed by atoms with Crippen LogP contribution in [0.1, 0.15) is 0 Å². The minimum atomic E-state index is 0.269. The van der Waals surface area contributed by atoms with Crippen molar-refractivity contribution in [3.63, 3.8) is 0 Å². The van der Waals surface area contributed by atoms with Gasteiger partial charge in [0.25, 0.3) is 0 Å². The van der Waals surface area contributed by atoms with Gasteiger partial charge in [-0.2, -0.15) is 0 Å². The van der Waals surface area contributed by atoms with Crippen molar-refractivity contribution >= 4 is 11.6 Å². The van der Waals surface area contributed by atoms with Gasteiger partial charge in [0.1, 0.15) is 30.0 Å². The van der Waals surface area contributed by atoms with Crippen molar-refractivity contribution in [1.29, 1.82) is 0 Å². The first-order valence-corrected chi connectivity index (χ1v) is 6.45. The molecule has 19 heavy (non-hydrogen) atoms. The zero-order chi connectivity index (χ0) is 13.1. The molecule has 98 valence electrons. The molecular formula is C15H13ClO3. The highest BCUT2D eigenvalue weighted by Gasteiger charge is 2.22. The summed E-state index contributed by atoms with van der Waals surface area (Å²) in [6.45, 7) is 1.41. The Hall–Kier alpha value is -1.71. The van der Waals surface area contributed by atoms with Gasteiger partial charge >= 0.3 is 0 Å². The molecule has 0 aliphatic carbocycles. The molecule has 2 aromatic rings. The average molecular weight is 277 g/mol. The molecule has 1 aliphatic rings. The van der Waals surface area contributed by atoms with E-state index in [0.29, 0.717) is 11.6 Å². The van der Waals surface area contributed by atoms with Gasteiger partial charge in [-0.1, -0.05) is 11.6 Å². The fraction of sp³-hybridized carbons (Fsp3) is 0.200. The van der Waals surface area contributed by atoms with Crippen molar-refractivity contribution in [3.8, 4) is 17.2 Å². The third-order valence-corrected chi connectivity index (χ3v) is 2.96. The molecule has 2 aromatic carbocycles. The van der Waals surface area contributed by atoms with Crippen molar-refractivity contribution < 1.29 is 14.2 Å². The summed E-state index contributed by atoms with van der Waals surface area (Å²) < 4.78 is 16.3. The standard InChI is InChI=1S/C15H13ClO3/c16-11-1-3-13(4-2-11)19-14-7-5-12(6-8-14)17-9-15-10-18-15/h1-8,15H,9-10H2. The number of halogens is 1. The molecule has 0 saturated carbocycles. The van der Waals surface area contributed by atoms with Gasteiger partial charge in [0.2, 0.25) is 0 Å². The van der Waals surface area contributed by atoms with Crippen LogP contribution in [0.2, 0.25) is 5.02 Å². The van der Waals surface area contributed by atoms with Crippen LogP contribution >= 0.6 is 11.6 Å². The molecule has 1 heterocycles. The quantitative estimate of drug-likeness (QED) is 0.776. The predicted octanol–water partition coefficient (Wildman–Crippen LogP) is 3.91. The van der Waals surface area contributed by atoms with E-state index in [-0.39, 0.29) is 6.10 Å². The van der Waals surface area contributed by atoms with Crippen LogP contribution in [-0.4, -0.2) is 19.3 Å². The highest BCUT2D eigenvalue weighted by atomic mass is 35.5. The maximum Gasteiger partial charge on any atom is 0.127 e. The van der Waals surface area contributed by atoms with Crippen LogP contribution < -0.4 is 9.47 Å². The Kier molecular flexibility index (Phi) is 3.58. The topological polar surface area (TPSA) is 31.0 Å². The van der Waals surface area contributed by atoms with Crippen molar-refractivity contribution in [3.05, 3.63) is 53.6 Å². The molecule has 1 fully saturated rings. The molecule has 1 saturated heterocycles. The first kappa shape index (κ1) is 12.3. The average Bonchev–Trinajstić information content (AvgIpc) is 3.25. The van der Waals surface area contributed by atoms with Crippen LogP contribution in [0, 0.1) is 0 Å². The largest absolute Gasteiger partial charge is 0.491 e. The maximum atomic E-state index is 5.82. The van der Waals surface area contributed by atoms with E-state index in [1.54, 1.807) is 12.1 Å². The summed E-state index contributed by atoms with van der Waals surface area (Å²) in [7, 11) is 0. The van der Waals surface area contributed by atoms with Crippen LogP contribution in [0.15, 0.2) is 48.5 Å². The molecule has 4 heteroatoms. The summed E-state index contributed by atoms with van der Waals surface area (Å²) in [5.74, 6) is 2.33. The molecule has 1 atom stereocenters. The number of rotatable bonds is 5. The molecule has 0 N–H and O–H groups in total. The smallest absolute Gasteiger partial charge is 0.127 e. The van der Waals surface area contributed by atoms with E-state index in [2.05, 4.69) is 0 Å². The molecule has 3 nitrogen and oxygen atoms in total. The molecular weight excluding hydrogens is 264 g/mol. The number of benzene rings is 2. The Bertz CT molecular complexity index is 532. The SMILES string of the molecule is Clc1ccc(Oc2ccc(OCC3CO3)cc2)cc1. The lowest BCUT2D eigenvalue weighted by Crippen LogP contribution is -2.03. The van der Waals surface area contributed by atoms with E-state index in [0.717, 1.165) is 23.9 Å². The molecule has 0 bridgehead atoms. The highest BCUT2D eigenvalue weighted by Crippen LogP contribution is 2.25. The Morgan fingerprint density at radius 3 is 2.05 bits per heavy atom. The van der Waals surface area contributed by atoms with E-state index in [1.807, 2.05) is 36.4 Å². The summed E-state index contributed by atoms with van der Waals surface area (Å²) in [6.07, 6.45) is 0.269. The molecule has 1 unspecified atom stereocenters. The molecule has 0 amide bonds. The lowest BCUT2D eigenvalue weighted by atomic mass is 10.3. The third-order valence-electron chi connectivity index (χ3n) is 2.71. The number of epoxide rings is 1. The minimum absolute atomic E-state index is 0.269. The molecule has 1 aliphatic heterocycles. The lowest BCUT2D eigenvalue weighted by Gasteiger charge is -2.07. The van der Waals surface area contributed by atoms with E-state index in [9.17, 15) is 0 Å². The minimum Gasteiger partial charge on any atom is -0.491 e. The zero-order valence-electron chi connectivity index (χ0n) is 10.2. The fourth-order valence-electron chi connectivity index (χ4n) is 1.60. The third kappa shape index (κ3) is 3.63. The second-order valence-electron chi connectivity index (χ2n) is 4.29. The molecule has 3 rings (SSSR count). The van der Waals surface area contributed by atoms with Gasteiger partial charge in [-0.15, -0.1) is 0 Å². The second-order valence-corrected chi connectivity index (χ2v) is 4.73. The van der Waals surface area contributed by atoms with Gasteiger partial charge in [-0.25, -0.2) is 0 Å². The lowest BCUT2D eigenvalue weighted by molar-refractivity contribution is 0.263. The molecule has 0 aromatic heterocycles. The summed E-state index contributed by atoms with van der Waals surface area (Å²) >= 11 is 5.82. The first-order chi connectivity index (χ1) is 9.29. The Morgan fingerprint density at radius 1 is 0.947 bits per heavy atom. The first-order valence-electron chi connectivity index (χ1n) is 6.07. The van der Waals surface area contributed by atoms with Crippen molar-refractivity contribution in [2.45, 2.75) is 6.10 Å². The van der Waals surface area contributed by atoms with Crippen LogP contribution in [0.4, 0.5) is 0 Å². The predicted molar refractivity (Wildman–Crippen MR) is 73.2 cm³/mol. The Morgan fingerprint density at radius 2 is 1.47 bits per heavy atom. The Balaban J connectivity index is 1.59. The van der Waals surface area contributed by atoms with Crippen LogP contribution in [0.5, 0.6) is 17.2 Å². The normalized spacial score (nSPS) is 17.0. The second kappa shape index (κ2) is 5.51. The number of hydrogen-bond donors (Lipinski definition) is 0. The van der Waals surface area contributed by atoms with Crippen LogP contribution in [-0.2, 0) is 4.74 Å². The van der Waals surface area contributed by atoms with E-state index >= 15 is 0 Å². The van der Waals surface area contributed by atoms with Gasteiger partial charge in [0, 0.05) is 5.02 Å². The van der Waals surface area contributed by atoms with Gasteiger partial charge in [0.15, 0.2) is 0 Å². The fourth-order valence-corrected chi connectivity index (χ4v) is 1.72. The summed E-state index contributed by atoms with van der Waals surface area (Å²) in [5.41, 5.74) is 0. The summed E-state index contributed by atoms with van der Waals surface area (Å²) in [5, 5.41) is 0.693. The van der Waals surface area contributed by atoms with Gasteiger partial charge < -0.3 is 14.2 Å². The summed E-state index contributed by atoms with van der Waals surface area (Å²) in [6, 6.07) is 14.8. The maximum absolute atomic E-state index is 5.82. The van der Waals surface area contributed by atoms with Crippen molar-refractivity contribution in [2.75, 3.05) is 13.2 Å². The number of ether oxygens (including phenoxy) is 3. The van der Waals surface area contributed by atoms with Gasteiger partial charge in [-0.05, 0) is 48.5 Å². The molecule has 0 radical (unpaired) electrons. The highest BCUT2D eigenvalue weighted by molar-refractivity contribution is 6.30. The number of hydrogen-bond acceptors (Lipinski definition) is 3.